The summed E-state index contributed by atoms with van der Waals surface area (Å²) in [7, 11) is 3.87. The number of rotatable bonds is 11. The van der Waals surface area contributed by atoms with Crippen molar-refractivity contribution in [2.24, 2.45) is 0 Å². The van der Waals surface area contributed by atoms with E-state index in [1.807, 2.05) is 6.92 Å². The zero-order valence-corrected chi connectivity index (χ0v) is 11.3. The summed E-state index contributed by atoms with van der Waals surface area (Å²) in [4.78, 5) is 2.29. The molecule has 0 aromatic heterocycles. The Bertz CT molecular complexity index is 145. The summed E-state index contributed by atoms with van der Waals surface area (Å²) < 4.78 is 10.6. The maximum Gasteiger partial charge on any atom is 0.0630 e. The lowest BCUT2D eigenvalue weighted by Crippen LogP contribution is -2.44. The highest BCUT2D eigenvalue weighted by Crippen LogP contribution is 1.96. The fraction of sp³-hybridized carbons (Fsp3) is 1.00. The van der Waals surface area contributed by atoms with Gasteiger partial charge >= 0.3 is 0 Å². The summed E-state index contributed by atoms with van der Waals surface area (Å²) in [6.45, 7) is 9.54. The third-order valence-corrected chi connectivity index (χ3v) is 2.58. The molecule has 0 aromatic rings. The average Bonchev–Trinajstić information content (AvgIpc) is 2.28. The van der Waals surface area contributed by atoms with Crippen molar-refractivity contribution in [3.8, 4) is 0 Å². The fourth-order valence-electron chi connectivity index (χ4n) is 1.52. The lowest BCUT2D eigenvalue weighted by atomic mass is 10.2. The summed E-state index contributed by atoms with van der Waals surface area (Å²) in [5.74, 6) is 0. The Labute approximate surface area is 100 Å². The number of likely N-dealkylation sites (N-methyl/N-ethyl adjacent to an activating group) is 1. The van der Waals surface area contributed by atoms with Crippen LogP contribution in [-0.2, 0) is 9.47 Å². The molecular formula is C12H28N2O2. The first-order valence-corrected chi connectivity index (χ1v) is 6.23. The number of ether oxygens (including phenoxy) is 2. The molecule has 0 amide bonds. The van der Waals surface area contributed by atoms with E-state index in [9.17, 15) is 0 Å². The van der Waals surface area contributed by atoms with Crippen molar-refractivity contribution in [3.05, 3.63) is 0 Å². The van der Waals surface area contributed by atoms with E-state index in [1.165, 1.54) is 6.42 Å². The van der Waals surface area contributed by atoms with E-state index in [4.69, 9.17) is 9.47 Å². The molecule has 1 atom stereocenters. The van der Waals surface area contributed by atoms with Gasteiger partial charge < -0.3 is 14.8 Å². The molecule has 1 unspecified atom stereocenters. The van der Waals surface area contributed by atoms with Crippen LogP contribution in [0.25, 0.3) is 0 Å². The van der Waals surface area contributed by atoms with Crippen molar-refractivity contribution in [1.82, 2.24) is 10.2 Å². The highest BCUT2D eigenvalue weighted by atomic mass is 16.5. The smallest absolute Gasteiger partial charge is 0.0630 e. The zero-order chi connectivity index (χ0) is 12.2. The van der Waals surface area contributed by atoms with Crippen LogP contribution in [0.15, 0.2) is 0 Å². The molecule has 0 heterocycles. The molecule has 98 valence electrons. The Morgan fingerprint density at radius 3 is 2.62 bits per heavy atom. The second-order valence-electron chi connectivity index (χ2n) is 3.99. The normalized spacial score (nSPS) is 13.3. The van der Waals surface area contributed by atoms with Gasteiger partial charge in [-0.25, -0.2) is 0 Å². The zero-order valence-electron chi connectivity index (χ0n) is 11.3. The summed E-state index contributed by atoms with van der Waals surface area (Å²) in [5, 5.41) is 3.43. The minimum atomic E-state index is 0.428. The van der Waals surface area contributed by atoms with Crippen LogP contribution >= 0.6 is 0 Å². The molecule has 0 saturated heterocycles. The Balaban J connectivity index is 3.77. The van der Waals surface area contributed by atoms with Crippen LogP contribution in [0.3, 0.4) is 0 Å². The van der Waals surface area contributed by atoms with Gasteiger partial charge in [-0.05, 0) is 26.9 Å². The maximum atomic E-state index is 5.36. The number of hydrogen-bond donors (Lipinski definition) is 1. The van der Waals surface area contributed by atoms with E-state index < -0.39 is 0 Å². The molecular weight excluding hydrogens is 204 g/mol. The molecule has 0 spiro atoms. The minimum Gasteiger partial charge on any atom is -0.383 e. The molecule has 1 N–H and O–H groups in total. The summed E-state index contributed by atoms with van der Waals surface area (Å²) in [6, 6.07) is 0.428. The van der Waals surface area contributed by atoms with Crippen LogP contribution in [0.2, 0.25) is 0 Å². The summed E-state index contributed by atoms with van der Waals surface area (Å²) >= 11 is 0. The average molecular weight is 232 g/mol. The standard InChI is InChI=1S/C12H28N2O2/c1-5-7-13-10-12(11-15-4)14(3)8-9-16-6-2/h12-13H,5-11H2,1-4H3. The third-order valence-electron chi connectivity index (χ3n) is 2.58. The highest BCUT2D eigenvalue weighted by Gasteiger charge is 2.13. The monoisotopic (exact) mass is 232 g/mol. The maximum absolute atomic E-state index is 5.36. The molecule has 0 aliphatic rings. The number of nitrogens with one attached hydrogen (secondary N) is 1. The van der Waals surface area contributed by atoms with Crippen molar-refractivity contribution in [1.29, 1.82) is 0 Å². The van der Waals surface area contributed by atoms with Crippen LogP contribution < -0.4 is 5.32 Å². The van der Waals surface area contributed by atoms with Crippen molar-refractivity contribution in [2.45, 2.75) is 26.3 Å². The van der Waals surface area contributed by atoms with E-state index in [0.29, 0.717) is 6.04 Å². The van der Waals surface area contributed by atoms with E-state index >= 15 is 0 Å². The highest BCUT2D eigenvalue weighted by molar-refractivity contribution is 4.70. The SMILES string of the molecule is CCCNCC(COC)N(C)CCOCC. The van der Waals surface area contributed by atoms with Crippen LogP contribution in [0, 0.1) is 0 Å². The Morgan fingerprint density at radius 2 is 2.06 bits per heavy atom. The fourth-order valence-corrected chi connectivity index (χ4v) is 1.52. The van der Waals surface area contributed by atoms with Crippen LogP contribution in [0.1, 0.15) is 20.3 Å². The molecule has 16 heavy (non-hydrogen) atoms. The molecule has 0 fully saturated rings. The number of nitrogens with zero attached hydrogens (tertiary/aromatic N) is 1. The lowest BCUT2D eigenvalue weighted by molar-refractivity contribution is 0.0719. The van der Waals surface area contributed by atoms with E-state index in [0.717, 1.165) is 39.5 Å². The van der Waals surface area contributed by atoms with Crippen molar-refractivity contribution >= 4 is 0 Å². The van der Waals surface area contributed by atoms with Gasteiger partial charge in [-0.1, -0.05) is 6.92 Å². The van der Waals surface area contributed by atoms with Gasteiger partial charge in [0.1, 0.15) is 0 Å². The van der Waals surface area contributed by atoms with Gasteiger partial charge in [0.25, 0.3) is 0 Å². The molecule has 0 radical (unpaired) electrons. The van der Waals surface area contributed by atoms with E-state index in [2.05, 4.69) is 24.2 Å². The second-order valence-corrected chi connectivity index (χ2v) is 3.99. The molecule has 0 rings (SSSR count). The largest absolute Gasteiger partial charge is 0.383 e. The van der Waals surface area contributed by atoms with Gasteiger partial charge in [0, 0.05) is 32.8 Å². The summed E-state index contributed by atoms with van der Waals surface area (Å²) in [6.07, 6.45) is 1.17. The molecule has 0 aliphatic carbocycles. The lowest BCUT2D eigenvalue weighted by Gasteiger charge is -2.27. The first-order chi connectivity index (χ1) is 7.76. The predicted octanol–water partition coefficient (Wildman–Crippen LogP) is 0.969. The molecule has 4 heteroatoms. The van der Waals surface area contributed by atoms with Gasteiger partial charge in [-0.3, -0.25) is 4.90 Å². The predicted molar refractivity (Wildman–Crippen MR) is 67.9 cm³/mol. The quantitative estimate of drug-likeness (QED) is 0.538. The van der Waals surface area contributed by atoms with Gasteiger partial charge in [-0.15, -0.1) is 0 Å². The number of hydrogen-bond acceptors (Lipinski definition) is 4. The van der Waals surface area contributed by atoms with Gasteiger partial charge in [0.15, 0.2) is 0 Å². The minimum absolute atomic E-state index is 0.428. The van der Waals surface area contributed by atoms with Crippen LogP contribution in [0.4, 0.5) is 0 Å². The van der Waals surface area contributed by atoms with Gasteiger partial charge in [0.2, 0.25) is 0 Å². The second kappa shape index (κ2) is 11.3. The third kappa shape index (κ3) is 8.05. The first kappa shape index (κ1) is 15.8. The Morgan fingerprint density at radius 1 is 1.31 bits per heavy atom. The molecule has 0 aliphatic heterocycles. The van der Waals surface area contributed by atoms with Gasteiger partial charge in [-0.2, -0.15) is 0 Å². The van der Waals surface area contributed by atoms with Crippen LogP contribution in [0.5, 0.6) is 0 Å². The van der Waals surface area contributed by atoms with Crippen LogP contribution in [-0.4, -0.2) is 64.6 Å². The Hall–Kier alpha value is -0.160. The molecule has 0 bridgehead atoms. The first-order valence-electron chi connectivity index (χ1n) is 6.23. The van der Waals surface area contributed by atoms with Crippen molar-refractivity contribution in [2.75, 3.05) is 53.6 Å². The Kier molecular flexibility index (Phi) is 11.2. The van der Waals surface area contributed by atoms with E-state index in [1.54, 1.807) is 7.11 Å². The van der Waals surface area contributed by atoms with E-state index in [-0.39, 0.29) is 0 Å². The molecule has 0 aromatic carbocycles. The topological polar surface area (TPSA) is 33.7 Å². The van der Waals surface area contributed by atoms with Crippen molar-refractivity contribution in [3.63, 3.8) is 0 Å². The summed E-state index contributed by atoms with van der Waals surface area (Å²) in [5.41, 5.74) is 0. The van der Waals surface area contributed by atoms with Crippen molar-refractivity contribution < 1.29 is 9.47 Å². The molecule has 4 nitrogen and oxygen atoms in total. The van der Waals surface area contributed by atoms with Gasteiger partial charge in [0.05, 0.1) is 13.2 Å². The molecule has 0 saturated carbocycles. The number of methoxy groups -OCH3 is 1.